The molecule has 0 amide bonds. The Kier molecular flexibility index (Phi) is 8.89. The van der Waals surface area contributed by atoms with Crippen LogP contribution in [0.1, 0.15) is 46.0 Å². The molecule has 140 valence electrons. The lowest BCUT2D eigenvalue weighted by atomic mass is 10.0. The van der Waals surface area contributed by atoms with Gasteiger partial charge in [-0.15, -0.1) is 0 Å². The molecule has 2 aliphatic rings. The molecule has 2 heterocycles. The number of rotatable bonds is 8. The fourth-order valence-electron chi connectivity index (χ4n) is 3.79. The van der Waals surface area contributed by atoms with Crippen LogP contribution in [0.3, 0.4) is 0 Å². The molecule has 0 radical (unpaired) electrons. The van der Waals surface area contributed by atoms with E-state index >= 15 is 0 Å². The minimum Gasteiger partial charge on any atom is -0.381 e. The van der Waals surface area contributed by atoms with Crippen molar-refractivity contribution in [3.63, 3.8) is 0 Å². The molecule has 0 aromatic rings. The van der Waals surface area contributed by atoms with E-state index in [2.05, 4.69) is 36.0 Å². The van der Waals surface area contributed by atoms with Gasteiger partial charge < -0.3 is 19.9 Å². The van der Waals surface area contributed by atoms with E-state index < -0.39 is 0 Å². The molecule has 2 saturated heterocycles. The molecule has 2 fully saturated rings. The summed E-state index contributed by atoms with van der Waals surface area (Å²) < 4.78 is 5.48. The highest BCUT2D eigenvalue weighted by Gasteiger charge is 2.19. The first kappa shape index (κ1) is 19.5. The molecular weight excluding hydrogens is 300 g/mol. The summed E-state index contributed by atoms with van der Waals surface area (Å²) in [6.45, 7) is 13.1. The largest absolute Gasteiger partial charge is 0.381 e. The summed E-state index contributed by atoms with van der Waals surface area (Å²) in [7, 11) is 2.15. The standard InChI is InChI=1S/C19H38N4O/c1-4-20-19(22(3)15-18-9-13-24-16-18)21-10-5-6-11-23-12-7-8-17(2)14-23/h17-18H,4-16H2,1-3H3,(H,20,21). The predicted octanol–water partition coefficient (Wildman–Crippen LogP) is 2.43. The van der Waals surface area contributed by atoms with Gasteiger partial charge in [0.15, 0.2) is 5.96 Å². The Balaban J connectivity index is 1.66. The smallest absolute Gasteiger partial charge is 0.193 e. The number of ether oxygens (including phenoxy) is 1. The van der Waals surface area contributed by atoms with Gasteiger partial charge in [0.2, 0.25) is 0 Å². The first-order chi connectivity index (χ1) is 11.7. The molecule has 0 bridgehead atoms. The molecule has 5 nitrogen and oxygen atoms in total. The minimum atomic E-state index is 0.653. The third kappa shape index (κ3) is 6.98. The second-order valence-corrected chi connectivity index (χ2v) is 7.60. The highest BCUT2D eigenvalue weighted by atomic mass is 16.5. The van der Waals surface area contributed by atoms with Crippen LogP contribution in [-0.2, 0) is 4.74 Å². The van der Waals surface area contributed by atoms with E-state index in [4.69, 9.17) is 9.73 Å². The lowest BCUT2D eigenvalue weighted by Crippen LogP contribution is -2.41. The number of piperidine rings is 1. The van der Waals surface area contributed by atoms with Crippen LogP contribution in [0, 0.1) is 11.8 Å². The van der Waals surface area contributed by atoms with Crippen molar-refractivity contribution in [1.82, 2.24) is 15.1 Å². The summed E-state index contributed by atoms with van der Waals surface area (Å²) >= 11 is 0. The number of hydrogen-bond acceptors (Lipinski definition) is 3. The van der Waals surface area contributed by atoms with E-state index in [9.17, 15) is 0 Å². The zero-order chi connectivity index (χ0) is 17.2. The summed E-state index contributed by atoms with van der Waals surface area (Å²) in [6, 6.07) is 0. The fourth-order valence-corrected chi connectivity index (χ4v) is 3.79. The number of unbranched alkanes of at least 4 members (excludes halogenated alkanes) is 1. The van der Waals surface area contributed by atoms with Crippen LogP contribution >= 0.6 is 0 Å². The van der Waals surface area contributed by atoms with Gasteiger partial charge in [0, 0.05) is 45.8 Å². The van der Waals surface area contributed by atoms with E-state index in [-0.39, 0.29) is 0 Å². The molecule has 24 heavy (non-hydrogen) atoms. The maximum absolute atomic E-state index is 5.48. The van der Waals surface area contributed by atoms with Crippen molar-refractivity contribution < 1.29 is 4.74 Å². The van der Waals surface area contributed by atoms with Gasteiger partial charge in [-0.05, 0) is 58.0 Å². The molecule has 0 spiro atoms. The second-order valence-electron chi connectivity index (χ2n) is 7.60. The van der Waals surface area contributed by atoms with Crippen molar-refractivity contribution in [2.45, 2.75) is 46.0 Å². The summed E-state index contributed by atoms with van der Waals surface area (Å²) in [4.78, 5) is 9.73. The second kappa shape index (κ2) is 10.9. The summed E-state index contributed by atoms with van der Waals surface area (Å²) in [5.41, 5.74) is 0. The van der Waals surface area contributed by atoms with Gasteiger partial charge in [0.25, 0.3) is 0 Å². The normalized spacial score (nSPS) is 25.9. The molecule has 5 heteroatoms. The monoisotopic (exact) mass is 338 g/mol. The quantitative estimate of drug-likeness (QED) is 0.419. The summed E-state index contributed by atoms with van der Waals surface area (Å²) in [5.74, 6) is 2.58. The van der Waals surface area contributed by atoms with E-state index in [1.54, 1.807) is 0 Å². The lowest BCUT2D eigenvalue weighted by molar-refractivity contribution is 0.181. The van der Waals surface area contributed by atoms with Gasteiger partial charge in [-0.2, -0.15) is 0 Å². The Hall–Kier alpha value is -0.810. The van der Waals surface area contributed by atoms with Crippen LogP contribution in [0.5, 0.6) is 0 Å². The summed E-state index contributed by atoms with van der Waals surface area (Å²) in [6.07, 6.45) is 6.40. The van der Waals surface area contributed by atoms with E-state index in [0.717, 1.165) is 44.7 Å². The van der Waals surface area contributed by atoms with Crippen LogP contribution in [0.25, 0.3) is 0 Å². The number of nitrogens with zero attached hydrogens (tertiary/aromatic N) is 3. The van der Waals surface area contributed by atoms with Crippen LogP contribution in [-0.4, -0.2) is 75.3 Å². The van der Waals surface area contributed by atoms with Crippen molar-refractivity contribution in [2.24, 2.45) is 16.8 Å². The Morgan fingerprint density at radius 3 is 2.92 bits per heavy atom. The molecule has 2 rings (SSSR count). The number of aliphatic imine (C=N–C) groups is 1. The Morgan fingerprint density at radius 2 is 2.21 bits per heavy atom. The number of guanidine groups is 1. The zero-order valence-electron chi connectivity index (χ0n) is 16.1. The molecule has 1 N–H and O–H groups in total. The minimum absolute atomic E-state index is 0.653. The van der Waals surface area contributed by atoms with Gasteiger partial charge in [0.05, 0.1) is 6.61 Å². The van der Waals surface area contributed by atoms with Crippen molar-refractivity contribution >= 4 is 5.96 Å². The van der Waals surface area contributed by atoms with Crippen LogP contribution in [0.15, 0.2) is 4.99 Å². The average molecular weight is 339 g/mol. The average Bonchev–Trinajstić information content (AvgIpc) is 3.06. The van der Waals surface area contributed by atoms with Gasteiger partial charge in [-0.3, -0.25) is 4.99 Å². The van der Waals surface area contributed by atoms with Crippen molar-refractivity contribution in [1.29, 1.82) is 0 Å². The van der Waals surface area contributed by atoms with E-state index in [1.807, 2.05) is 0 Å². The fraction of sp³-hybridized carbons (Fsp3) is 0.947. The van der Waals surface area contributed by atoms with E-state index in [0.29, 0.717) is 5.92 Å². The maximum Gasteiger partial charge on any atom is 0.193 e. The van der Waals surface area contributed by atoms with Gasteiger partial charge >= 0.3 is 0 Å². The van der Waals surface area contributed by atoms with Crippen LogP contribution in [0.4, 0.5) is 0 Å². The van der Waals surface area contributed by atoms with Crippen molar-refractivity contribution in [3.05, 3.63) is 0 Å². The van der Waals surface area contributed by atoms with Gasteiger partial charge in [-0.1, -0.05) is 6.92 Å². The predicted molar refractivity (Wildman–Crippen MR) is 102 cm³/mol. The molecule has 0 aromatic carbocycles. The molecule has 2 aliphatic heterocycles. The number of hydrogen-bond donors (Lipinski definition) is 1. The zero-order valence-corrected chi connectivity index (χ0v) is 16.1. The van der Waals surface area contributed by atoms with Crippen LogP contribution in [0.2, 0.25) is 0 Å². The third-order valence-electron chi connectivity index (χ3n) is 5.14. The first-order valence-corrected chi connectivity index (χ1v) is 9.98. The highest BCUT2D eigenvalue weighted by molar-refractivity contribution is 5.79. The third-order valence-corrected chi connectivity index (χ3v) is 5.14. The first-order valence-electron chi connectivity index (χ1n) is 9.98. The molecule has 0 aliphatic carbocycles. The van der Waals surface area contributed by atoms with E-state index in [1.165, 1.54) is 51.7 Å². The van der Waals surface area contributed by atoms with Gasteiger partial charge in [-0.25, -0.2) is 0 Å². The molecule has 2 unspecified atom stereocenters. The topological polar surface area (TPSA) is 40.1 Å². The van der Waals surface area contributed by atoms with Crippen LogP contribution < -0.4 is 5.32 Å². The number of nitrogens with one attached hydrogen (secondary N) is 1. The molecule has 2 atom stereocenters. The lowest BCUT2D eigenvalue weighted by Gasteiger charge is -2.30. The summed E-state index contributed by atoms with van der Waals surface area (Å²) in [5, 5.41) is 3.43. The highest BCUT2D eigenvalue weighted by Crippen LogP contribution is 2.16. The Labute approximate surface area is 148 Å². The number of likely N-dealkylation sites (tertiary alicyclic amines) is 1. The van der Waals surface area contributed by atoms with Crippen molar-refractivity contribution in [2.75, 3.05) is 59.5 Å². The van der Waals surface area contributed by atoms with Gasteiger partial charge in [0.1, 0.15) is 0 Å². The Bertz CT molecular complexity index is 368. The Morgan fingerprint density at radius 1 is 1.33 bits per heavy atom. The maximum atomic E-state index is 5.48. The SMILES string of the molecule is CCNC(=NCCCCN1CCCC(C)C1)N(C)CC1CCOC1. The van der Waals surface area contributed by atoms with Crippen molar-refractivity contribution in [3.8, 4) is 0 Å². The molecule has 0 aromatic heterocycles. The molecule has 0 saturated carbocycles. The molecular formula is C19H38N4O.